The van der Waals surface area contributed by atoms with Gasteiger partial charge in [0.1, 0.15) is 6.54 Å². The van der Waals surface area contributed by atoms with E-state index in [1.807, 2.05) is 6.07 Å². The average molecular weight is 545 g/mol. The molecule has 3 rings (SSSR count). The lowest BCUT2D eigenvalue weighted by Gasteiger charge is -2.42. The Morgan fingerprint density at radius 1 is 1.15 bits per heavy atom. The SMILES string of the molecule is CCOC(=O)C1=C(C)N(c2cccc(C(F)(F)F)c2)C(=O)N(CC(=O)NCCOC)C1c1ccc(C#N)cc1. The van der Waals surface area contributed by atoms with Crippen molar-refractivity contribution in [1.82, 2.24) is 10.2 Å². The van der Waals surface area contributed by atoms with E-state index in [0.29, 0.717) is 11.1 Å². The predicted octanol–water partition coefficient (Wildman–Crippen LogP) is 4.16. The molecule has 1 unspecified atom stereocenters. The number of allylic oxidation sites excluding steroid dienone is 1. The molecule has 0 bridgehead atoms. The smallest absolute Gasteiger partial charge is 0.416 e. The maximum Gasteiger partial charge on any atom is 0.416 e. The number of anilines is 1. The van der Waals surface area contributed by atoms with E-state index >= 15 is 0 Å². The number of rotatable bonds is 9. The highest BCUT2D eigenvalue weighted by molar-refractivity contribution is 6.04. The fourth-order valence-electron chi connectivity index (χ4n) is 4.20. The maximum atomic E-state index is 13.9. The van der Waals surface area contributed by atoms with Crippen LogP contribution in [0.5, 0.6) is 0 Å². The second-order valence-corrected chi connectivity index (χ2v) is 8.49. The number of hydrogen-bond donors (Lipinski definition) is 1. The van der Waals surface area contributed by atoms with Gasteiger partial charge < -0.3 is 19.7 Å². The number of ether oxygens (including phenoxy) is 2. The van der Waals surface area contributed by atoms with Gasteiger partial charge in [-0.15, -0.1) is 0 Å². The molecule has 1 N–H and O–H groups in total. The monoisotopic (exact) mass is 544 g/mol. The first kappa shape index (κ1) is 29.2. The van der Waals surface area contributed by atoms with Gasteiger partial charge in [-0.1, -0.05) is 18.2 Å². The van der Waals surface area contributed by atoms with Crippen LogP contribution in [0.25, 0.3) is 0 Å². The molecule has 12 heteroatoms. The van der Waals surface area contributed by atoms with Crippen molar-refractivity contribution in [3.05, 3.63) is 76.5 Å². The molecule has 2 aromatic rings. The minimum absolute atomic E-state index is 0.00921. The molecule has 0 aliphatic carbocycles. The van der Waals surface area contributed by atoms with Crippen molar-refractivity contribution < 1.29 is 37.0 Å². The summed E-state index contributed by atoms with van der Waals surface area (Å²) in [5.41, 5.74) is -0.396. The number of methoxy groups -OCH3 is 1. The number of hydrogen-bond acceptors (Lipinski definition) is 6. The van der Waals surface area contributed by atoms with Gasteiger partial charge in [-0.3, -0.25) is 9.69 Å². The molecule has 1 aliphatic heterocycles. The molecule has 1 aliphatic rings. The molecule has 2 aromatic carbocycles. The van der Waals surface area contributed by atoms with Crippen LogP contribution < -0.4 is 10.2 Å². The molecule has 0 fully saturated rings. The van der Waals surface area contributed by atoms with E-state index in [1.165, 1.54) is 32.2 Å². The van der Waals surface area contributed by atoms with E-state index in [-0.39, 0.29) is 36.7 Å². The Morgan fingerprint density at radius 3 is 2.44 bits per heavy atom. The second kappa shape index (κ2) is 12.4. The number of nitrogens with zero attached hydrogens (tertiary/aromatic N) is 3. The molecular weight excluding hydrogens is 517 g/mol. The quantitative estimate of drug-likeness (QED) is 0.375. The number of esters is 1. The van der Waals surface area contributed by atoms with E-state index in [4.69, 9.17) is 9.47 Å². The van der Waals surface area contributed by atoms with Crippen LogP contribution in [0.2, 0.25) is 0 Å². The average Bonchev–Trinajstić information content (AvgIpc) is 2.90. The standard InChI is InChI=1S/C27H27F3N4O5/c1-4-39-25(36)23-17(2)34(21-7-5-6-20(14-21)27(28,29)30)26(37)33(16-22(35)32-12-13-38-3)24(23)19-10-8-18(15-31)9-11-19/h5-11,14,24H,4,12-13,16H2,1-3H3,(H,32,35). The third-order valence-electron chi connectivity index (χ3n) is 5.97. The molecule has 1 heterocycles. The number of carbonyl (C=O) groups is 3. The molecule has 0 radical (unpaired) electrons. The minimum atomic E-state index is -4.68. The number of benzene rings is 2. The lowest BCUT2D eigenvalue weighted by atomic mass is 9.92. The fraction of sp³-hybridized carbons (Fsp3) is 0.333. The number of alkyl halides is 3. The first-order valence-corrected chi connectivity index (χ1v) is 11.9. The van der Waals surface area contributed by atoms with Gasteiger partial charge in [-0.25, -0.2) is 9.59 Å². The molecule has 0 spiro atoms. The third kappa shape index (κ3) is 6.56. The van der Waals surface area contributed by atoms with Crippen LogP contribution >= 0.6 is 0 Å². The van der Waals surface area contributed by atoms with Gasteiger partial charge in [0.2, 0.25) is 5.91 Å². The van der Waals surface area contributed by atoms with Gasteiger partial charge in [-0.05, 0) is 49.7 Å². The lowest BCUT2D eigenvalue weighted by Crippen LogP contribution is -2.54. The topological polar surface area (TPSA) is 112 Å². The first-order valence-electron chi connectivity index (χ1n) is 11.9. The van der Waals surface area contributed by atoms with Gasteiger partial charge in [-0.2, -0.15) is 18.4 Å². The fourth-order valence-corrected chi connectivity index (χ4v) is 4.20. The number of nitrogens with one attached hydrogen (secondary N) is 1. The van der Waals surface area contributed by atoms with Crippen LogP contribution in [0, 0.1) is 11.3 Å². The Labute approximate surface area is 223 Å². The van der Waals surface area contributed by atoms with Crippen LogP contribution in [-0.4, -0.2) is 56.2 Å². The third-order valence-corrected chi connectivity index (χ3v) is 5.97. The molecule has 0 saturated carbocycles. The van der Waals surface area contributed by atoms with E-state index in [9.17, 15) is 32.8 Å². The summed E-state index contributed by atoms with van der Waals surface area (Å²) in [5, 5.41) is 11.8. The summed E-state index contributed by atoms with van der Waals surface area (Å²) in [4.78, 5) is 42.1. The van der Waals surface area contributed by atoms with Gasteiger partial charge >= 0.3 is 18.2 Å². The normalized spacial score (nSPS) is 15.7. The van der Waals surface area contributed by atoms with Crippen LogP contribution in [0.15, 0.2) is 59.8 Å². The minimum Gasteiger partial charge on any atom is -0.463 e. The van der Waals surface area contributed by atoms with Gasteiger partial charge in [0.15, 0.2) is 0 Å². The summed E-state index contributed by atoms with van der Waals surface area (Å²) in [6.45, 7) is 2.84. The number of amides is 3. The molecule has 0 aromatic heterocycles. The van der Waals surface area contributed by atoms with Gasteiger partial charge in [0.05, 0.1) is 47.7 Å². The maximum absolute atomic E-state index is 13.9. The largest absolute Gasteiger partial charge is 0.463 e. The van der Waals surface area contributed by atoms with Crippen LogP contribution in [0.3, 0.4) is 0 Å². The zero-order chi connectivity index (χ0) is 28.7. The number of carbonyl (C=O) groups excluding carboxylic acids is 3. The van der Waals surface area contributed by atoms with E-state index in [0.717, 1.165) is 28.0 Å². The van der Waals surface area contributed by atoms with Gasteiger partial charge in [0, 0.05) is 19.4 Å². The molecule has 3 amide bonds. The highest BCUT2D eigenvalue weighted by Crippen LogP contribution is 2.41. The molecule has 1 atom stereocenters. The van der Waals surface area contributed by atoms with E-state index < -0.39 is 42.2 Å². The Balaban J connectivity index is 2.22. The van der Waals surface area contributed by atoms with E-state index in [1.54, 1.807) is 19.1 Å². The molecule has 206 valence electrons. The van der Waals surface area contributed by atoms with Crippen molar-refractivity contribution in [3.63, 3.8) is 0 Å². The van der Waals surface area contributed by atoms with Crippen molar-refractivity contribution >= 4 is 23.6 Å². The van der Waals surface area contributed by atoms with Crippen molar-refractivity contribution in [3.8, 4) is 6.07 Å². The summed E-state index contributed by atoms with van der Waals surface area (Å²) in [6.07, 6.45) is -4.68. The molecule has 0 saturated heterocycles. The number of halogens is 3. The lowest BCUT2D eigenvalue weighted by molar-refractivity contribution is -0.140. The Bertz CT molecular complexity index is 1300. The predicted molar refractivity (Wildman–Crippen MR) is 134 cm³/mol. The first-order chi connectivity index (χ1) is 18.5. The van der Waals surface area contributed by atoms with E-state index in [2.05, 4.69) is 5.32 Å². The van der Waals surface area contributed by atoms with Crippen LogP contribution in [0.1, 0.15) is 36.6 Å². The second-order valence-electron chi connectivity index (χ2n) is 8.49. The molecule has 9 nitrogen and oxygen atoms in total. The highest BCUT2D eigenvalue weighted by Gasteiger charge is 2.44. The van der Waals surface area contributed by atoms with Crippen molar-refractivity contribution in [1.29, 1.82) is 5.26 Å². The van der Waals surface area contributed by atoms with Crippen molar-refractivity contribution in [2.75, 3.05) is 38.3 Å². The Morgan fingerprint density at radius 2 is 1.85 bits per heavy atom. The van der Waals surface area contributed by atoms with Crippen molar-refractivity contribution in [2.45, 2.75) is 26.1 Å². The highest BCUT2D eigenvalue weighted by atomic mass is 19.4. The number of nitriles is 1. The Hall–Kier alpha value is -4.37. The summed E-state index contributed by atoms with van der Waals surface area (Å²) in [5.74, 6) is -1.38. The molecular formula is C27H27F3N4O5. The van der Waals surface area contributed by atoms with Crippen LogP contribution in [-0.2, 0) is 25.2 Å². The van der Waals surface area contributed by atoms with Crippen LogP contribution in [0.4, 0.5) is 23.7 Å². The summed E-state index contributed by atoms with van der Waals surface area (Å²) >= 11 is 0. The zero-order valence-corrected chi connectivity index (χ0v) is 21.5. The number of urea groups is 1. The van der Waals surface area contributed by atoms with Gasteiger partial charge in [0.25, 0.3) is 0 Å². The molecule has 39 heavy (non-hydrogen) atoms. The summed E-state index contributed by atoms with van der Waals surface area (Å²) < 4.78 is 50.7. The Kier molecular flexibility index (Phi) is 9.32. The summed E-state index contributed by atoms with van der Waals surface area (Å²) in [7, 11) is 1.45. The van der Waals surface area contributed by atoms with Crippen molar-refractivity contribution in [2.24, 2.45) is 0 Å². The zero-order valence-electron chi connectivity index (χ0n) is 21.5. The summed E-state index contributed by atoms with van der Waals surface area (Å²) in [6, 6.07) is 10.2.